The van der Waals surface area contributed by atoms with Gasteiger partial charge in [0.1, 0.15) is 5.75 Å². The van der Waals surface area contributed by atoms with Crippen molar-refractivity contribution in [1.29, 1.82) is 0 Å². The molecule has 0 radical (unpaired) electrons. The Labute approximate surface area is 103 Å². The molecule has 1 aromatic rings. The number of hydrogen-bond donors (Lipinski definition) is 1. The van der Waals surface area contributed by atoms with Crippen molar-refractivity contribution in [2.75, 3.05) is 13.7 Å². The van der Waals surface area contributed by atoms with Crippen LogP contribution in [-0.2, 0) is 6.42 Å². The molecule has 2 nitrogen and oxygen atoms in total. The van der Waals surface area contributed by atoms with Crippen molar-refractivity contribution in [3.63, 3.8) is 0 Å². The molecule has 0 bridgehead atoms. The van der Waals surface area contributed by atoms with Gasteiger partial charge in [0.2, 0.25) is 0 Å². The first-order valence-corrected chi connectivity index (χ1v) is 6.04. The molecule has 90 valence electrons. The van der Waals surface area contributed by atoms with Gasteiger partial charge in [-0.1, -0.05) is 25.4 Å². The average Bonchev–Trinajstić information content (AvgIpc) is 2.25. The highest BCUT2D eigenvalue weighted by Crippen LogP contribution is 2.33. The number of halogens is 1. The van der Waals surface area contributed by atoms with Gasteiger partial charge < -0.3 is 10.5 Å². The maximum atomic E-state index is 6.12. The molecular weight excluding hydrogens is 222 g/mol. The molecule has 16 heavy (non-hydrogen) atoms. The summed E-state index contributed by atoms with van der Waals surface area (Å²) in [4.78, 5) is 0. The third-order valence-electron chi connectivity index (χ3n) is 2.64. The first kappa shape index (κ1) is 13.3. The molecule has 0 aromatic heterocycles. The second kappa shape index (κ2) is 6.12. The summed E-state index contributed by atoms with van der Waals surface area (Å²) in [6.07, 6.45) is 1.87. The summed E-state index contributed by atoms with van der Waals surface area (Å²) in [5, 5.41) is 0.775. The molecule has 0 saturated carbocycles. The highest BCUT2D eigenvalue weighted by Gasteiger charge is 2.13. The lowest BCUT2D eigenvalue weighted by molar-refractivity contribution is 0.402. The molecule has 0 aliphatic rings. The van der Waals surface area contributed by atoms with Crippen LogP contribution in [0.5, 0.6) is 5.75 Å². The van der Waals surface area contributed by atoms with Crippen molar-refractivity contribution in [2.24, 2.45) is 5.73 Å². The van der Waals surface area contributed by atoms with Crippen LogP contribution < -0.4 is 10.5 Å². The maximum Gasteiger partial charge on any atom is 0.125 e. The van der Waals surface area contributed by atoms with Crippen LogP contribution in [0.1, 0.15) is 37.3 Å². The molecule has 0 saturated heterocycles. The van der Waals surface area contributed by atoms with E-state index >= 15 is 0 Å². The van der Waals surface area contributed by atoms with Crippen LogP contribution >= 0.6 is 11.6 Å². The van der Waals surface area contributed by atoms with Gasteiger partial charge >= 0.3 is 0 Å². The fraction of sp³-hybridized carbons (Fsp3) is 0.538. The SMILES string of the molecule is COc1c(CCCN)cc(Cl)cc1C(C)C. The Morgan fingerprint density at radius 1 is 1.38 bits per heavy atom. The Kier molecular flexibility index (Phi) is 5.10. The predicted molar refractivity (Wildman–Crippen MR) is 69.5 cm³/mol. The molecule has 0 unspecified atom stereocenters. The number of hydrogen-bond acceptors (Lipinski definition) is 2. The van der Waals surface area contributed by atoms with Gasteiger partial charge in [0.25, 0.3) is 0 Å². The minimum Gasteiger partial charge on any atom is -0.496 e. The van der Waals surface area contributed by atoms with E-state index in [1.807, 2.05) is 12.1 Å². The fourth-order valence-electron chi connectivity index (χ4n) is 1.83. The zero-order valence-corrected chi connectivity index (χ0v) is 11.0. The van der Waals surface area contributed by atoms with Gasteiger partial charge in [-0.2, -0.15) is 0 Å². The lowest BCUT2D eigenvalue weighted by Crippen LogP contribution is -2.04. The summed E-state index contributed by atoms with van der Waals surface area (Å²) >= 11 is 6.12. The van der Waals surface area contributed by atoms with Crippen molar-refractivity contribution in [1.82, 2.24) is 0 Å². The molecule has 0 atom stereocenters. The van der Waals surface area contributed by atoms with E-state index in [4.69, 9.17) is 22.1 Å². The quantitative estimate of drug-likeness (QED) is 0.858. The molecule has 3 heteroatoms. The van der Waals surface area contributed by atoms with Crippen LogP contribution in [0, 0.1) is 0 Å². The zero-order chi connectivity index (χ0) is 12.1. The summed E-state index contributed by atoms with van der Waals surface area (Å²) < 4.78 is 5.49. The van der Waals surface area contributed by atoms with Gasteiger partial charge in [-0.25, -0.2) is 0 Å². The van der Waals surface area contributed by atoms with Crippen molar-refractivity contribution >= 4 is 11.6 Å². The van der Waals surface area contributed by atoms with Gasteiger partial charge in [-0.15, -0.1) is 0 Å². The summed E-state index contributed by atoms with van der Waals surface area (Å²) in [6, 6.07) is 3.96. The predicted octanol–water partition coefficient (Wildman–Crippen LogP) is 3.36. The van der Waals surface area contributed by atoms with Gasteiger partial charge in [0, 0.05) is 5.02 Å². The maximum absolute atomic E-state index is 6.12. The first-order chi connectivity index (χ1) is 7.60. The average molecular weight is 242 g/mol. The lowest BCUT2D eigenvalue weighted by atomic mass is 9.97. The monoisotopic (exact) mass is 241 g/mol. The van der Waals surface area contributed by atoms with Gasteiger partial charge in [-0.05, 0) is 48.6 Å². The number of rotatable bonds is 5. The second-order valence-electron chi connectivity index (χ2n) is 4.23. The zero-order valence-electron chi connectivity index (χ0n) is 10.2. The second-order valence-corrected chi connectivity index (χ2v) is 4.67. The summed E-state index contributed by atoms with van der Waals surface area (Å²) in [6.45, 7) is 4.97. The number of aryl methyl sites for hydroxylation is 1. The smallest absolute Gasteiger partial charge is 0.125 e. The Bertz CT molecular complexity index is 350. The Morgan fingerprint density at radius 3 is 2.56 bits per heavy atom. The van der Waals surface area contributed by atoms with Crippen LogP contribution in [0.25, 0.3) is 0 Å². The Hall–Kier alpha value is -0.730. The van der Waals surface area contributed by atoms with E-state index in [0.717, 1.165) is 29.2 Å². The van der Waals surface area contributed by atoms with Crippen LogP contribution in [0.15, 0.2) is 12.1 Å². The Morgan fingerprint density at radius 2 is 2.06 bits per heavy atom. The van der Waals surface area contributed by atoms with Crippen LogP contribution in [0.4, 0.5) is 0 Å². The molecule has 0 amide bonds. The van der Waals surface area contributed by atoms with Crippen LogP contribution in [-0.4, -0.2) is 13.7 Å². The van der Waals surface area contributed by atoms with E-state index in [1.165, 1.54) is 5.56 Å². The molecule has 0 fully saturated rings. The number of ether oxygens (including phenoxy) is 1. The fourth-order valence-corrected chi connectivity index (χ4v) is 2.08. The van der Waals surface area contributed by atoms with Crippen molar-refractivity contribution in [3.05, 3.63) is 28.3 Å². The number of nitrogens with two attached hydrogens (primary N) is 1. The standard InChI is InChI=1S/C13H20ClNO/c1-9(2)12-8-11(14)7-10(5-4-6-15)13(12)16-3/h7-9H,4-6,15H2,1-3H3. The molecule has 1 rings (SSSR count). The normalized spacial score (nSPS) is 10.9. The van der Waals surface area contributed by atoms with Gasteiger partial charge in [0.05, 0.1) is 7.11 Å². The third-order valence-corrected chi connectivity index (χ3v) is 2.85. The molecule has 0 heterocycles. The summed E-state index contributed by atoms with van der Waals surface area (Å²) in [5.74, 6) is 1.37. The van der Waals surface area contributed by atoms with Gasteiger partial charge in [-0.3, -0.25) is 0 Å². The number of benzene rings is 1. The lowest BCUT2D eigenvalue weighted by Gasteiger charge is -2.16. The van der Waals surface area contributed by atoms with Crippen molar-refractivity contribution in [3.8, 4) is 5.75 Å². The molecular formula is C13H20ClNO. The molecule has 0 aliphatic heterocycles. The van der Waals surface area contributed by atoms with E-state index in [1.54, 1.807) is 7.11 Å². The first-order valence-electron chi connectivity index (χ1n) is 5.66. The van der Waals surface area contributed by atoms with Gasteiger partial charge in [0.15, 0.2) is 0 Å². The minimum atomic E-state index is 0.408. The molecule has 2 N–H and O–H groups in total. The highest BCUT2D eigenvalue weighted by atomic mass is 35.5. The molecule has 0 aliphatic carbocycles. The largest absolute Gasteiger partial charge is 0.496 e. The van der Waals surface area contributed by atoms with Crippen molar-refractivity contribution in [2.45, 2.75) is 32.6 Å². The van der Waals surface area contributed by atoms with Crippen molar-refractivity contribution < 1.29 is 4.74 Å². The topological polar surface area (TPSA) is 35.2 Å². The van der Waals surface area contributed by atoms with E-state index in [2.05, 4.69) is 13.8 Å². The third kappa shape index (κ3) is 3.13. The van der Waals surface area contributed by atoms with Crippen LogP contribution in [0.3, 0.4) is 0 Å². The Balaban J connectivity index is 3.14. The van der Waals surface area contributed by atoms with E-state index in [-0.39, 0.29) is 0 Å². The molecule has 0 spiro atoms. The van der Waals surface area contributed by atoms with E-state index < -0.39 is 0 Å². The van der Waals surface area contributed by atoms with E-state index in [0.29, 0.717) is 12.5 Å². The highest BCUT2D eigenvalue weighted by molar-refractivity contribution is 6.30. The minimum absolute atomic E-state index is 0.408. The van der Waals surface area contributed by atoms with E-state index in [9.17, 15) is 0 Å². The molecule has 1 aromatic carbocycles. The number of methoxy groups -OCH3 is 1. The summed E-state index contributed by atoms with van der Waals surface area (Å²) in [5.41, 5.74) is 7.86. The van der Waals surface area contributed by atoms with Crippen LogP contribution in [0.2, 0.25) is 5.02 Å². The summed E-state index contributed by atoms with van der Waals surface area (Å²) in [7, 11) is 1.71.